The maximum absolute atomic E-state index is 2.52. The molecule has 10 aromatic rings. The third kappa shape index (κ3) is 5.73. The van der Waals surface area contributed by atoms with Crippen molar-refractivity contribution in [2.45, 2.75) is 12.8 Å². The first-order valence-corrected chi connectivity index (χ1v) is 20.2. The van der Waals surface area contributed by atoms with Crippen LogP contribution < -0.4 is 4.90 Å². The van der Waals surface area contributed by atoms with E-state index in [2.05, 4.69) is 228 Å². The number of para-hydroxylation sites is 3. The lowest BCUT2D eigenvalue weighted by atomic mass is 9.92. The first kappa shape index (κ1) is 33.9. The summed E-state index contributed by atoms with van der Waals surface area (Å²) >= 11 is 0. The van der Waals surface area contributed by atoms with Gasteiger partial charge in [-0.25, -0.2) is 0 Å². The number of aromatic nitrogens is 1. The smallest absolute Gasteiger partial charge is 0.0537 e. The minimum atomic E-state index is 1.01. The van der Waals surface area contributed by atoms with Crippen molar-refractivity contribution in [2.24, 2.45) is 0 Å². The number of fused-ring (bicyclic) bond motifs is 6. The number of benzene rings is 9. The average Bonchev–Trinajstić information content (AvgIpc) is 3.64. The highest BCUT2D eigenvalue weighted by Crippen LogP contribution is 2.45. The van der Waals surface area contributed by atoms with Crippen LogP contribution in [-0.2, 0) is 6.42 Å². The highest BCUT2D eigenvalue weighted by molar-refractivity contribution is 6.14. The first-order valence-electron chi connectivity index (χ1n) is 20.2. The first-order chi connectivity index (χ1) is 28.8. The van der Waals surface area contributed by atoms with Crippen LogP contribution in [0.5, 0.6) is 0 Å². The second kappa shape index (κ2) is 14.3. The quantitative estimate of drug-likeness (QED) is 0.148. The van der Waals surface area contributed by atoms with Crippen LogP contribution in [0.1, 0.15) is 17.7 Å². The van der Waals surface area contributed by atoms with E-state index < -0.39 is 0 Å². The molecule has 1 aliphatic rings. The molecule has 0 radical (unpaired) electrons. The maximum Gasteiger partial charge on any atom is 0.0537 e. The second-order valence-corrected chi connectivity index (χ2v) is 15.2. The molecule has 0 atom stereocenters. The average molecular weight is 741 g/mol. The SMILES string of the molecule is C1=Cc2c(n(-c3ccccc3-c3ccc(N(c4ccccc4)c4cccc(-c5cc6ccccc6c6ccccc56)c4)cc3-c3ccccc3)c3ccccc23)CC1. The number of rotatable bonds is 7. The molecule has 0 saturated carbocycles. The van der Waals surface area contributed by atoms with E-state index in [1.165, 1.54) is 82.8 Å². The Morgan fingerprint density at radius 1 is 0.397 bits per heavy atom. The van der Waals surface area contributed by atoms with Gasteiger partial charge in [-0.2, -0.15) is 0 Å². The van der Waals surface area contributed by atoms with E-state index in [0.717, 1.165) is 29.9 Å². The summed E-state index contributed by atoms with van der Waals surface area (Å²) in [5, 5.41) is 6.36. The van der Waals surface area contributed by atoms with Gasteiger partial charge in [0.05, 0.1) is 11.2 Å². The zero-order chi connectivity index (χ0) is 38.4. The molecule has 1 heterocycles. The van der Waals surface area contributed by atoms with E-state index in [0.29, 0.717) is 0 Å². The molecule has 2 heteroatoms. The Labute approximate surface area is 339 Å². The van der Waals surface area contributed by atoms with E-state index >= 15 is 0 Å². The summed E-state index contributed by atoms with van der Waals surface area (Å²) in [6.07, 6.45) is 6.69. The molecule has 0 bridgehead atoms. The Balaban J connectivity index is 1.11. The summed E-state index contributed by atoms with van der Waals surface area (Å²) in [6.45, 7) is 0. The van der Waals surface area contributed by atoms with Crippen LogP contribution >= 0.6 is 0 Å². The van der Waals surface area contributed by atoms with Crippen molar-refractivity contribution in [1.82, 2.24) is 4.57 Å². The minimum absolute atomic E-state index is 1.01. The van der Waals surface area contributed by atoms with Crippen molar-refractivity contribution < 1.29 is 0 Å². The summed E-state index contributed by atoms with van der Waals surface area (Å²) in [7, 11) is 0. The number of nitrogens with zero attached hydrogens (tertiary/aromatic N) is 2. The van der Waals surface area contributed by atoms with Crippen LogP contribution in [0.15, 0.2) is 212 Å². The molecule has 0 saturated heterocycles. The minimum Gasteiger partial charge on any atom is -0.312 e. The number of hydrogen-bond acceptors (Lipinski definition) is 1. The van der Waals surface area contributed by atoms with Gasteiger partial charge in [0.1, 0.15) is 0 Å². The second-order valence-electron chi connectivity index (χ2n) is 15.2. The third-order valence-electron chi connectivity index (χ3n) is 11.8. The molecule has 0 unspecified atom stereocenters. The number of hydrogen-bond donors (Lipinski definition) is 0. The van der Waals surface area contributed by atoms with Crippen LogP contribution in [-0.4, -0.2) is 4.57 Å². The predicted octanol–water partition coefficient (Wildman–Crippen LogP) is 15.4. The fraction of sp³-hybridized carbons (Fsp3) is 0.0357. The molecule has 11 rings (SSSR count). The number of allylic oxidation sites excluding steroid dienone is 1. The number of anilines is 3. The Bertz CT molecular complexity index is 3170. The molecular formula is C56H40N2. The van der Waals surface area contributed by atoms with E-state index in [-0.39, 0.29) is 0 Å². The van der Waals surface area contributed by atoms with Gasteiger partial charge in [-0.1, -0.05) is 164 Å². The molecule has 0 N–H and O–H groups in total. The van der Waals surface area contributed by atoms with Crippen molar-refractivity contribution in [2.75, 3.05) is 4.90 Å². The van der Waals surface area contributed by atoms with Gasteiger partial charge in [0.25, 0.3) is 0 Å². The topological polar surface area (TPSA) is 8.17 Å². The van der Waals surface area contributed by atoms with Crippen LogP contribution in [0.25, 0.3) is 77.6 Å². The van der Waals surface area contributed by atoms with Gasteiger partial charge in [0.2, 0.25) is 0 Å². The van der Waals surface area contributed by atoms with E-state index in [9.17, 15) is 0 Å². The van der Waals surface area contributed by atoms with Gasteiger partial charge in [0.15, 0.2) is 0 Å². The Morgan fingerprint density at radius 3 is 1.91 bits per heavy atom. The zero-order valence-corrected chi connectivity index (χ0v) is 32.1. The lowest BCUT2D eigenvalue weighted by molar-refractivity contribution is 0.889. The highest BCUT2D eigenvalue weighted by atomic mass is 15.1. The third-order valence-corrected chi connectivity index (χ3v) is 11.8. The van der Waals surface area contributed by atoms with Gasteiger partial charge < -0.3 is 9.47 Å². The molecule has 9 aromatic carbocycles. The molecule has 0 fully saturated rings. The predicted molar refractivity (Wildman–Crippen MR) is 247 cm³/mol. The van der Waals surface area contributed by atoms with Gasteiger partial charge in [-0.05, 0) is 117 Å². The molecule has 0 aliphatic heterocycles. The molecule has 0 spiro atoms. The van der Waals surface area contributed by atoms with Gasteiger partial charge in [0, 0.05) is 39.3 Å². The molecule has 2 nitrogen and oxygen atoms in total. The van der Waals surface area contributed by atoms with E-state index in [1.807, 2.05) is 0 Å². The van der Waals surface area contributed by atoms with Crippen molar-refractivity contribution >= 4 is 55.6 Å². The lowest BCUT2D eigenvalue weighted by Crippen LogP contribution is -2.10. The fourth-order valence-corrected chi connectivity index (χ4v) is 9.24. The van der Waals surface area contributed by atoms with Crippen molar-refractivity contribution in [3.63, 3.8) is 0 Å². The molecular weight excluding hydrogens is 701 g/mol. The van der Waals surface area contributed by atoms with Gasteiger partial charge in [-0.3, -0.25) is 0 Å². The zero-order valence-electron chi connectivity index (χ0n) is 32.1. The monoisotopic (exact) mass is 740 g/mol. The molecule has 0 amide bonds. The highest BCUT2D eigenvalue weighted by Gasteiger charge is 2.23. The largest absolute Gasteiger partial charge is 0.312 e. The molecule has 274 valence electrons. The normalized spacial score (nSPS) is 12.3. The molecule has 1 aromatic heterocycles. The molecule has 1 aliphatic carbocycles. The maximum atomic E-state index is 2.52. The van der Waals surface area contributed by atoms with Crippen LogP contribution in [0, 0.1) is 0 Å². The Morgan fingerprint density at radius 2 is 1.05 bits per heavy atom. The van der Waals surface area contributed by atoms with Crippen molar-refractivity contribution in [3.8, 4) is 39.1 Å². The summed E-state index contributed by atoms with van der Waals surface area (Å²) < 4.78 is 2.52. The van der Waals surface area contributed by atoms with Crippen molar-refractivity contribution in [1.29, 1.82) is 0 Å². The summed E-state index contributed by atoms with van der Waals surface area (Å²) in [5.74, 6) is 0. The van der Waals surface area contributed by atoms with Crippen LogP contribution in [0.3, 0.4) is 0 Å². The molecule has 58 heavy (non-hydrogen) atoms. The van der Waals surface area contributed by atoms with Gasteiger partial charge in [-0.15, -0.1) is 0 Å². The van der Waals surface area contributed by atoms with Crippen LogP contribution in [0.2, 0.25) is 0 Å². The summed E-state index contributed by atoms with van der Waals surface area (Å²) in [5.41, 5.74) is 15.7. The standard InChI is InChI=1S/C56H40N2/c1-3-18-39(19-4-1)53-38-44(34-35-48(53)49-28-11-14-31-54(49)58-55-32-15-12-29-50(55)51-30-13-16-33-56(51)58)57(42-22-5-2-6-23-42)43-24-17-21-40(36-43)52-37-41-20-7-8-25-45(41)46-26-9-10-27-47(46)52/h1-15,17-32,34-38H,16,33H2. The lowest BCUT2D eigenvalue weighted by Gasteiger charge is -2.27. The van der Waals surface area contributed by atoms with Crippen molar-refractivity contribution in [3.05, 3.63) is 224 Å². The Kier molecular flexibility index (Phi) is 8.33. The summed E-state index contributed by atoms with van der Waals surface area (Å²) in [4.78, 5) is 2.40. The summed E-state index contributed by atoms with van der Waals surface area (Å²) in [6, 6.07) is 75.4. The van der Waals surface area contributed by atoms with Gasteiger partial charge >= 0.3 is 0 Å². The van der Waals surface area contributed by atoms with Crippen LogP contribution in [0.4, 0.5) is 17.1 Å². The van der Waals surface area contributed by atoms with E-state index in [4.69, 9.17) is 0 Å². The fourth-order valence-electron chi connectivity index (χ4n) is 9.24. The Hall–Kier alpha value is -7.42. The van der Waals surface area contributed by atoms with E-state index in [1.54, 1.807) is 0 Å².